The lowest BCUT2D eigenvalue weighted by Crippen LogP contribution is -2.56. The number of nitrogens with zero attached hydrogens (tertiary/aromatic N) is 3. The predicted octanol–water partition coefficient (Wildman–Crippen LogP) is 0.918. The molecule has 4 rings (SSSR count). The van der Waals surface area contributed by atoms with Crippen LogP contribution in [0.2, 0.25) is 0 Å². The topological polar surface area (TPSA) is 78.0 Å². The van der Waals surface area contributed by atoms with Gasteiger partial charge in [-0.1, -0.05) is 30.3 Å². The Kier molecular flexibility index (Phi) is 4.74. The minimum Gasteiger partial charge on any atom is -0.342 e. The Hall–Kier alpha value is -1.93. The lowest BCUT2D eigenvalue weighted by atomic mass is 9.75. The first-order valence-corrected chi connectivity index (χ1v) is 11.4. The highest BCUT2D eigenvalue weighted by Crippen LogP contribution is 2.49. The standard InChI is InChI=1S/C20H27N3O4S/c1-15(24)22-12-17-18(13-22)20(21(2)19(17)25)8-10-23(11-9-20)28(26,27)14-16-6-4-3-5-7-16/h3-7,17-18H,8-14H2,1-2H3/t17-,18+/m0/s1. The quantitative estimate of drug-likeness (QED) is 0.749. The third kappa shape index (κ3) is 3.03. The van der Waals surface area contributed by atoms with E-state index in [0.717, 1.165) is 5.56 Å². The third-order valence-corrected chi connectivity index (χ3v) is 8.79. The van der Waals surface area contributed by atoms with Crippen LogP contribution in [0.3, 0.4) is 0 Å². The van der Waals surface area contributed by atoms with E-state index in [1.54, 1.807) is 16.1 Å². The van der Waals surface area contributed by atoms with E-state index in [1.807, 2.05) is 42.3 Å². The van der Waals surface area contributed by atoms with Gasteiger partial charge in [-0.3, -0.25) is 9.59 Å². The van der Waals surface area contributed by atoms with Crippen LogP contribution in [0, 0.1) is 11.8 Å². The second-order valence-corrected chi connectivity index (χ2v) is 10.2. The van der Waals surface area contributed by atoms with Crippen LogP contribution in [-0.2, 0) is 25.4 Å². The normalized spacial score (nSPS) is 27.4. The summed E-state index contributed by atoms with van der Waals surface area (Å²) in [7, 11) is -1.55. The van der Waals surface area contributed by atoms with Crippen molar-refractivity contribution < 1.29 is 18.0 Å². The molecule has 0 saturated carbocycles. The highest BCUT2D eigenvalue weighted by atomic mass is 32.2. The molecule has 3 aliphatic rings. The van der Waals surface area contributed by atoms with Gasteiger partial charge in [0.1, 0.15) is 0 Å². The number of rotatable bonds is 3. The van der Waals surface area contributed by atoms with Gasteiger partial charge in [0, 0.05) is 46.1 Å². The van der Waals surface area contributed by atoms with Crippen LogP contribution in [0.4, 0.5) is 0 Å². The maximum atomic E-state index is 12.9. The van der Waals surface area contributed by atoms with Gasteiger partial charge in [-0.25, -0.2) is 12.7 Å². The number of benzene rings is 1. The number of hydrogen-bond acceptors (Lipinski definition) is 4. The monoisotopic (exact) mass is 405 g/mol. The molecule has 7 nitrogen and oxygen atoms in total. The average molecular weight is 406 g/mol. The van der Waals surface area contributed by atoms with E-state index in [1.165, 1.54) is 0 Å². The van der Waals surface area contributed by atoms with Crippen molar-refractivity contribution >= 4 is 21.8 Å². The van der Waals surface area contributed by atoms with Gasteiger partial charge in [-0.15, -0.1) is 0 Å². The van der Waals surface area contributed by atoms with Crippen molar-refractivity contribution in [2.45, 2.75) is 31.1 Å². The minimum absolute atomic E-state index is 0.000221. The van der Waals surface area contributed by atoms with Gasteiger partial charge in [0.05, 0.1) is 17.2 Å². The second kappa shape index (κ2) is 6.84. The van der Waals surface area contributed by atoms with Crippen LogP contribution in [0.5, 0.6) is 0 Å². The molecule has 0 radical (unpaired) electrons. The number of likely N-dealkylation sites (tertiary alicyclic amines) is 2. The molecule has 28 heavy (non-hydrogen) atoms. The van der Waals surface area contributed by atoms with Crippen molar-refractivity contribution in [1.29, 1.82) is 0 Å². The highest BCUT2D eigenvalue weighted by molar-refractivity contribution is 7.88. The predicted molar refractivity (Wildman–Crippen MR) is 105 cm³/mol. The molecule has 8 heteroatoms. The Labute approximate surface area is 166 Å². The molecule has 152 valence electrons. The van der Waals surface area contributed by atoms with Crippen molar-refractivity contribution in [2.75, 3.05) is 33.2 Å². The zero-order valence-corrected chi connectivity index (χ0v) is 17.2. The van der Waals surface area contributed by atoms with Crippen molar-refractivity contribution in [3.05, 3.63) is 35.9 Å². The average Bonchev–Trinajstić information content (AvgIpc) is 3.19. The summed E-state index contributed by atoms with van der Waals surface area (Å²) >= 11 is 0. The smallest absolute Gasteiger partial charge is 0.228 e. The molecule has 3 aliphatic heterocycles. The number of hydrogen-bond donors (Lipinski definition) is 0. The summed E-state index contributed by atoms with van der Waals surface area (Å²) in [6.07, 6.45) is 1.24. The summed E-state index contributed by atoms with van der Waals surface area (Å²) in [5.41, 5.74) is 0.439. The van der Waals surface area contributed by atoms with Crippen LogP contribution in [0.15, 0.2) is 30.3 Å². The molecule has 1 aromatic rings. The van der Waals surface area contributed by atoms with Crippen molar-refractivity contribution in [2.24, 2.45) is 11.8 Å². The SMILES string of the molecule is CC(=O)N1C[C@@H]2C(=O)N(C)C3(CCN(S(=O)(=O)Cc4ccccc4)CC3)[C@@H]2C1. The van der Waals surface area contributed by atoms with Crippen molar-refractivity contribution in [3.8, 4) is 0 Å². The van der Waals surface area contributed by atoms with Gasteiger partial charge >= 0.3 is 0 Å². The van der Waals surface area contributed by atoms with Gasteiger partial charge in [-0.05, 0) is 18.4 Å². The molecular formula is C20H27N3O4S. The summed E-state index contributed by atoms with van der Waals surface area (Å²) in [5.74, 6) is 0.0336. The largest absolute Gasteiger partial charge is 0.342 e. The van der Waals surface area contributed by atoms with E-state index < -0.39 is 10.0 Å². The second-order valence-electron chi connectivity index (χ2n) is 8.28. The molecule has 1 aromatic carbocycles. The van der Waals surface area contributed by atoms with Crippen LogP contribution >= 0.6 is 0 Å². The molecule has 3 fully saturated rings. The Morgan fingerprint density at radius 2 is 1.79 bits per heavy atom. The molecule has 0 bridgehead atoms. The molecule has 2 atom stereocenters. The molecule has 3 heterocycles. The minimum atomic E-state index is -3.39. The van der Waals surface area contributed by atoms with E-state index in [0.29, 0.717) is 39.0 Å². The van der Waals surface area contributed by atoms with Crippen molar-refractivity contribution in [3.63, 3.8) is 0 Å². The van der Waals surface area contributed by atoms with Gasteiger partial charge in [0.2, 0.25) is 21.8 Å². The van der Waals surface area contributed by atoms with E-state index in [2.05, 4.69) is 0 Å². The number of sulfonamides is 1. The molecule has 0 N–H and O–H groups in total. The first kappa shape index (κ1) is 19.4. The summed E-state index contributed by atoms with van der Waals surface area (Å²) in [6, 6.07) is 9.21. The Bertz CT molecular complexity index is 878. The van der Waals surface area contributed by atoms with Gasteiger partial charge < -0.3 is 9.80 Å². The van der Waals surface area contributed by atoms with Crippen LogP contribution in [0.1, 0.15) is 25.3 Å². The third-order valence-electron chi connectivity index (χ3n) is 6.94. The summed E-state index contributed by atoms with van der Waals surface area (Å²) in [5, 5.41) is 0. The van der Waals surface area contributed by atoms with E-state index in [4.69, 9.17) is 0 Å². The first-order chi connectivity index (χ1) is 13.2. The highest BCUT2D eigenvalue weighted by Gasteiger charge is 2.61. The molecule has 0 unspecified atom stereocenters. The zero-order chi connectivity index (χ0) is 20.1. The fourth-order valence-corrected chi connectivity index (χ4v) is 6.84. The lowest BCUT2D eigenvalue weighted by molar-refractivity contribution is -0.135. The van der Waals surface area contributed by atoms with Crippen LogP contribution in [0.25, 0.3) is 0 Å². The maximum Gasteiger partial charge on any atom is 0.228 e. The van der Waals surface area contributed by atoms with Crippen LogP contribution < -0.4 is 0 Å². The maximum absolute atomic E-state index is 12.9. The van der Waals surface area contributed by atoms with Gasteiger partial charge in [0.15, 0.2) is 0 Å². The van der Waals surface area contributed by atoms with Crippen LogP contribution in [-0.4, -0.2) is 73.1 Å². The first-order valence-electron chi connectivity index (χ1n) is 9.79. The zero-order valence-electron chi connectivity index (χ0n) is 16.4. The number of carbonyl (C=O) groups is 2. The summed E-state index contributed by atoms with van der Waals surface area (Å²) in [6.45, 7) is 3.45. The molecular weight excluding hydrogens is 378 g/mol. The summed E-state index contributed by atoms with van der Waals surface area (Å²) < 4.78 is 27.3. The van der Waals surface area contributed by atoms with Gasteiger partial charge in [-0.2, -0.15) is 0 Å². The van der Waals surface area contributed by atoms with Gasteiger partial charge in [0.25, 0.3) is 0 Å². The van der Waals surface area contributed by atoms with E-state index in [9.17, 15) is 18.0 Å². The number of piperidine rings is 1. The summed E-state index contributed by atoms with van der Waals surface area (Å²) in [4.78, 5) is 28.2. The molecule has 3 saturated heterocycles. The van der Waals surface area contributed by atoms with E-state index in [-0.39, 0.29) is 34.9 Å². The number of carbonyl (C=O) groups excluding carboxylic acids is 2. The Morgan fingerprint density at radius 1 is 1.14 bits per heavy atom. The fourth-order valence-electron chi connectivity index (χ4n) is 5.31. The van der Waals surface area contributed by atoms with E-state index >= 15 is 0 Å². The lowest BCUT2D eigenvalue weighted by Gasteiger charge is -2.46. The molecule has 0 aromatic heterocycles. The number of amides is 2. The Morgan fingerprint density at radius 3 is 2.39 bits per heavy atom. The fraction of sp³-hybridized carbons (Fsp3) is 0.600. The molecule has 2 amide bonds. The van der Waals surface area contributed by atoms with Crippen molar-refractivity contribution in [1.82, 2.24) is 14.1 Å². The number of fused-ring (bicyclic) bond motifs is 2. The molecule has 1 spiro atoms. The Balaban J connectivity index is 1.50. The molecule has 0 aliphatic carbocycles.